The summed E-state index contributed by atoms with van der Waals surface area (Å²) >= 11 is 2.10. The summed E-state index contributed by atoms with van der Waals surface area (Å²) in [7, 11) is 0. The van der Waals surface area contributed by atoms with Crippen LogP contribution < -0.4 is 5.56 Å². The van der Waals surface area contributed by atoms with Gasteiger partial charge in [0, 0.05) is 9.13 Å². The van der Waals surface area contributed by atoms with Crippen molar-refractivity contribution in [2.75, 3.05) is 0 Å². The number of carboxylic acids is 1. The molecule has 1 N–H and O–H groups in total. The third-order valence-corrected chi connectivity index (χ3v) is 3.13. The van der Waals surface area contributed by atoms with Gasteiger partial charge in [-0.1, -0.05) is 12.1 Å². The SMILES string of the molecule is O=C(O)Cn1cnc(-c2ccc(I)cc2)c(F)c1=O. The first-order valence-electron chi connectivity index (χ1n) is 5.21. The van der Waals surface area contributed by atoms with Crippen LogP contribution >= 0.6 is 22.6 Å². The first kappa shape index (κ1) is 13.7. The average Bonchev–Trinajstić information content (AvgIpc) is 2.36. The molecule has 2 rings (SSSR count). The molecular weight excluding hydrogens is 366 g/mol. The Kier molecular flexibility index (Phi) is 3.93. The minimum Gasteiger partial charge on any atom is -0.480 e. The Labute approximate surface area is 120 Å². The second kappa shape index (κ2) is 5.47. The summed E-state index contributed by atoms with van der Waals surface area (Å²) in [6.07, 6.45) is 1.03. The Morgan fingerprint density at radius 3 is 2.58 bits per heavy atom. The van der Waals surface area contributed by atoms with Crippen LogP contribution in [0.15, 0.2) is 35.4 Å². The number of hydrogen-bond donors (Lipinski definition) is 1. The van der Waals surface area contributed by atoms with Crippen LogP contribution in [0.5, 0.6) is 0 Å². The Hall–Kier alpha value is -1.77. The van der Waals surface area contributed by atoms with Gasteiger partial charge in [0.25, 0.3) is 5.56 Å². The van der Waals surface area contributed by atoms with Crippen molar-refractivity contribution >= 4 is 28.6 Å². The first-order chi connectivity index (χ1) is 8.99. The van der Waals surface area contributed by atoms with Gasteiger partial charge in [0.05, 0.1) is 6.33 Å². The van der Waals surface area contributed by atoms with E-state index >= 15 is 0 Å². The van der Waals surface area contributed by atoms with Crippen LogP contribution in [-0.4, -0.2) is 20.6 Å². The van der Waals surface area contributed by atoms with E-state index in [0.717, 1.165) is 9.90 Å². The average molecular weight is 374 g/mol. The molecule has 0 bridgehead atoms. The van der Waals surface area contributed by atoms with Gasteiger partial charge in [-0.3, -0.25) is 14.2 Å². The number of aromatic nitrogens is 2. The number of hydrogen-bond acceptors (Lipinski definition) is 3. The summed E-state index contributed by atoms with van der Waals surface area (Å²) in [5, 5.41) is 8.59. The number of aliphatic carboxylic acids is 1. The highest BCUT2D eigenvalue weighted by molar-refractivity contribution is 14.1. The maximum atomic E-state index is 13.9. The lowest BCUT2D eigenvalue weighted by Crippen LogP contribution is -2.27. The van der Waals surface area contributed by atoms with E-state index in [0.29, 0.717) is 10.1 Å². The van der Waals surface area contributed by atoms with Crippen molar-refractivity contribution in [1.82, 2.24) is 9.55 Å². The topological polar surface area (TPSA) is 72.2 Å². The molecule has 0 aliphatic carbocycles. The van der Waals surface area contributed by atoms with Crippen LogP contribution in [0.4, 0.5) is 4.39 Å². The Balaban J connectivity index is 2.49. The highest BCUT2D eigenvalue weighted by Gasteiger charge is 2.14. The molecule has 0 saturated carbocycles. The minimum absolute atomic E-state index is 0.0805. The van der Waals surface area contributed by atoms with Gasteiger partial charge in [-0.15, -0.1) is 0 Å². The molecule has 0 amide bonds. The Morgan fingerprint density at radius 2 is 2.00 bits per heavy atom. The Morgan fingerprint density at radius 1 is 1.37 bits per heavy atom. The molecule has 19 heavy (non-hydrogen) atoms. The largest absolute Gasteiger partial charge is 0.480 e. The monoisotopic (exact) mass is 374 g/mol. The van der Waals surface area contributed by atoms with E-state index < -0.39 is 23.9 Å². The molecule has 7 heteroatoms. The quantitative estimate of drug-likeness (QED) is 0.831. The van der Waals surface area contributed by atoms with Gasteiger partial charge in [-0.2, -0.15) is 4.39 Å². The van der Waals surface area contributed by atoms with Crippen molar-refractivity contribution in [2.45, 2.75) is 6.54 Å². The van der Waals surface area contributed by atoms with Crippen molar-refractivity contribution in [3.8, 4) is 11.3 Å². The number of benzene rings is 1. The van der Waals surface area contributed by atoms with E-state index in [1.807, 2.05) is 0 Å². The van der Waals surface area contributed by atoms with E-state index in [-0.39, 0.29) is 5.69 Å². The summed E-state index contributed by atoms with van der Waals surface area (Å²) in [5.74, 6) is -2.28. The van der Waals surface area contributed by atoms with Crippen molar-refractivity contribution in [3.05, 3.63) is 50.3 Å². The molecule has 0 atom stereocenters. The zero-order chi connectivity index (χ0) is 14.0. The predicted octanol–water partition coefficient (Wildman–Crippen LogP) is 1.74. The zero-order valence-corrected chi connectivity index (χ0v) is 11.7. The van der Waals surface area contributed by atoms with Gasteiger partial charge in [-0.25, -0.2) is 4.98 Å². The first-order valence-corrected chi connectivity index (χ1v) is 6.29. The number of carbonyl (C=O) groups is 1. The highest BCUT2D eigenvalue weighted by atomic mass is 127. The lowest BCUT2D eigenvalue weighted by atomic mass is 10.1. The van der Waals surface area contributed by atoms with Crippen molar-refractivity contribution < 1.29 is 14.3 Å². The molecule has 2 aromatic rings. The summed E-state index contributed by atoms with van der Waals surface area (Å²) in [6.45, 7) is -0.615. The fraction of sp³-hybridized carbons (Fsp3) is 0.0833. The van der Waals surface area contributed by atoms with E-state index in [1.54, 1.807) is 24.3 Å². The summed E-state index contributed by atoms with van der Waals surface area (Å²) < 4.78 is 15.6. The number of halogens is 2. The maximum absolute atomic E-state index is 13.9. The lowest BCUT2D eigenvalue weighted by molar-refractivity contribution is -0.137. The molecular formula is C12H8FIN2O3. The van der Waals surface area contributed by atoms with Crippen LogP contribution in [0, 0.1) is 9.39 Å². The number of rotatable bonds is 3. The minimum atomic E-state index is -1.23. The summed E-state index contributed by atoms with van der Waals surface area (Å²) in [6, 6.07) is 6.82. The molecule has 5 nitrogen and oxygen atoms in total. The van der Waals surface area contributed by atoms with Gasteiger partial charge in [-0.05, 0) is 34.7 Å². The number of nitrogens with zero attached hydrogens (tertiary/aromatic N) is 2. The molecule has 1 aromatic carbocycles. The molecule has 0 radical (unpaired) electrons. The predicted molar refractivity (Wildman–Crippen MR) is 74.2 cm³/mol. The van der Waals surface area contributed by atoms with E-state index in [2.05, 4.69) is 27.6 Å². The van der Waals surface area contributed by atoms with E-state index in [9.17, 15) is 14.0 Å². The Bertz CT molecular complexity index is 682. The van der Waals surface area contributed by atoms with Gasteiger partial charge in [0.1, 0.15) is 12.2 Å². The van der Waals surface area contributed by atoms with Gasteiger partial charge in [0.2, 0.25) is 5.82 Å². The molecule has 0 aliphatic heterocycles. The molecule has 0 fully saturated rings. The van der Waals surface area contributed by atoms with Crippen LogP contribution in [-0.2, 0) is 11.3 Å². The molecule has 0 aliphatic rings. The molecule has 0 spiro atoms. The maximum Gasteiger partial charge on any atom is 0.323 e. The fourth-order valence-electron chi connectivity index (χ4n) is 1.53. The molecule has 1 aromatic heterocycles. The van der Waals surface area contributed by atoms with Gasteiger partial charge >= 0.3 is 5.97 Å². The van der Waals surface area contributed by atoms with Crippen molar-refractivity contribution in [2.24, 2.45) is 0 Å². The van der Waals surface area contributed by atoms with Crippen molar-refractivity contribution in [1.29, 1.82) is 0 Å². The van der Waals surface area contributed by atoms with Crippen LogP contribution in [0.3, 0.4) is 0 Å². The van der Waals surface area contributed by atoms with Crippen LogP contribution in [0.2, 0.25) is 0 Å². The van der Waals surface area contributed by atoms with E-state index in [1.165, 1.54) is 0 Å². The van der Waals surface area contributed by atoms with Crippen LogP contribution in [0.25, 0.3) is 11.3 Å². The molecule has 0 unspecified atom stereocenters. The van der Waals surface area contributed by atoms with E-state index in [4.69, 9.17) is 5.11 Å². The van der Waals surface area contributed by atoms with Gasteiger partial charge in [0.15, 0.2) is 0 Å². The zero-order valence-electron chi connectivity index (χ0n) is 9.51. The van der Waals surface area contributed by atoms with Crippen molar-refractivity contribution in [3.63, 3.8) is 0 Å². The lowest BCUT2D eigenvalue weighted by Gasteiger charge is -2.06. The number of carboxylic acid groups (broad SMARTS) is 1. The third kappa shape index (κ3) is 2.98. The summed E-state index contributed by atoms with van der Waals surface area (Å²) in [4.78, 5) is 26.0. The second-order valence-corrected chi connectivity index (χ2v) is 4.99. The highest BCUT2D eigenvalue weighted by Crippen LogP contribution is 2.19. The third-order valence-electron chi connectivity index (χ3n) is 2.41. The molecule has 1 heterocycles. The summed E-state index contributed by atoms with van der Waals surface area (Å²) in [5.41, 5.74) is -0.605. The standard InChI is InChI=1S/C12H8FIN2O3/c13-10-11(7-1-3-8(14)4-2-7)15-6-16(12(10)19)5-9(17)18/h1-4,6H,5H2,(H,17,18). The van der Waals surface area contributed by atoms with Crippen LogP contribution in [0.1, 0.15) is 0 Å². The van der Waals surface area contributed by atoms with Gasteiger partial charge < -0.3 is 5.11 Å². The second-order valence-electron chi connectivity index (χ2n) is 3.74. The molecule has 98 valence electrons. The smallest absolute Gasteiger partial charge is 0.323 e. The fourth-order valence-corrected chi connectivity index (χ4v) is 1.89. The molecule has 0 saturated heterocycles. The normalized spacial score (nSPS) is 10.4.